The van der Waals surface area contributed by atoms with Crippen molar-refractivity contribution in [2.24, 2.45) is 0 Å². The van der Waals surface area contributed by atoms with Crippen LogP contribution in [0.2, 0.25) is 0 Å². The van der Waals surface area contributed by atoms with E-state index in [2.05, 4.69) is 56.0 Å². The largest absolute Gasteiger partial charge is 0.356 e. The van der Waals surface area contributed by atoms with Gasteiger partial charge in [-0.1, -0.05) is 31.0 Å². The van der Waals surface area contributed by atoms with Gasteiger partial charge in [0.2, 0.25) is 0 Å². The fraction of sp³-hybridized carbons (Fsp3) is 0.478. The van der Waals surface area contributed by atoms with Gasteiger partial charge < -0.3 is 8.83 Å². The fourth-order valence-corrected chi connectivity index (χ4v) is 4.88. The predicted molar refractivity (Wildman–Crippen MR) is 121 cm³/mol. The maximum Gasteiger partial charge on any atom is 0.167 e. The Hall–Kier alpha value is -2.05. The highest BCUT2D eigenvalue weighted by Gasteiger charge is 2.21. The van der Waals surface area contributed by atoms with Crippen molar-refractivity contribution in [3.05, 3.63) is 53.5 Å². The number of hydrogen-bond acceptors (Lipinski definition) is 6. The summed E-state index contributed by atoms with van der Waals surface area (Å²) in [7, 11) is 0. The maximum atomic E-state index is 5.46. The van der Waals surface area contributed by atoms with Crippen LogP contribution in [0, 0.1) is 6.92 Å². The molecule has 0 atom stereocenters. The summed E-state index contributed by atoms with van der Waals surface area (Å²) in [4.78, 5) is 4.29. The van der Waals surface area contributed by atoms with E-state index in [9.17, 15) is 0 Å². The van der Waals surface area contributed by atoms with Gasteiger partial charge in [-0.15, -0.1) is 0 Å². The molecule has 1 aliphatic rings. The number of fused-ring (bicyclic) bond motifs is 1. The zero-order valence-electron chi connectivity index (χ0n) is 17.4. The van der Waals surface area contributed by atoms with E-state index in [-0.39, 0.29) is 0 Å². The van der Waals surface area contributed by atoms with Gasteiger partial charge in [-0.05, 0) is 62.4 Å². The third-order valence-corrected chi connectivity index (χ3v) is 6.69. The smallest absolute Gasteiger partial charge is 0.167 e. The third kappa shape index (κ3) is 5.11. The van der Waals surface area contributed by atoms with Crippen LogP contribution >= 0.6 is 12.1 Å². The van der Waals surface area contributed by atoms with Crippen LogP contribution < -0.4 is 4.31 Å². The number of anilines is 1. The molecular weight excluding hydrogens is 380 g/mol. The highest BCUT2D eigenvalue weighted by Crippen LogP contribution is 2.30. The molecule has 0 spiro atoms. The number of aromatic nitrogens is 2. The summed E-state index contributed by atoms with van der Waals surface area (Å²) in [6.07, 6.45) is 8.99. The van der Waals surface area contributed by atoms with Crippen LogP contribution in [0.1, 0.15) is 49.6 Å². The van der Waals surface area contributed by atoms with Crippen molar-refractivity contribution in [3.8, 4) is 0 Å². The molecule has 0 N–H and O–H groups in total. The molecule has 154 valence electrons. The first kappa shape index (κ1) is 20.2. The SMILES string of the molecule is CCc1noc2cc(CCCCCCN3CCN(c4ccnc(C)c4)S3)ccc12. The summed E-state index contributed by atoms with van der Waals surface area (Å²) in [6, 6.07) is 10.8. The highest BCUT2D eigenvalue weighted by atomic mass is 32.2. The second-order valence-electron chi connectivity index (χ2n) is 7.75. The van der Waals surface area contributed by atoms with Crippen molar-refractivity contribution in [2.45, 2.75) is 52.4 Å². The lowest BCUT2D eigenvalue weighted by molar-refractivity contribution is 0.447. The molecule has 0 aliphatic carbocycles. The van der Waals surface area contributed by atoms with E-state index in [0.29, 0.717) is 0 Å². The quantitative estimate of drug-likeness (QED) is 0.339. The Kier molecular flexibility index (Phi) is 6.72. The van der Waals surface area contributed by atoms with Gasteiger partial charge in [0.15, 0.2) is 5.58 Å². The van der Waals surface area contributed by atoms with E-state index in [1.165, 1.54) is 36.9 Å². The van der Waals surface area contributed by atoms with Crippen LogP contribution in [0.3, 0.4) is 0 Å². The van der Waals surface area contributed by atoms with Gasteiger partial charge in [0.25, 0.3) is 0 Å². The van der Waals surface area contributed by atoms with Gasteiger partial charge >= 0.3 is 0 Å². The van der Waals surface area contributed by atoms with Gasteiger partial charge in [0.05, 0.1) is 11.4 Å². The molecule has 29 heavy (non-hydrogen) atoms. The molecule has 0 amide bonds. The lowest BCUT2D eigenvalue weighted by Gasteiger charge is -2.18. The molecule has 1 aliphatic heterocycles. The molecule has 1 aromatic carbocycles. The minimum absolute atomic E-state index is 0.918. The van der Waals surface area contributed by atoms with Crippen molar-refractivity contribution < 1.29 is 4.52 Å². The monoisotopic (exact) mass is 410 g/mol. The fourth-order valence-electron chi connectivity index (χ4n) is 3.85. The van der Waals surface area contributed by atoms with Crippen LogP contribution in [0.5, 0.6) is 0 Å². The average molecular weight is 411 g/mol. The van der Waals surface area contributed by atoms with Crippen molar-refractivity contribution in [1.29, 1.82) is 0 Å². The first-order valence-electron chi connectivity index (χ1n) is 10.7. The molecule has 2 aromatic heterocycles. The second-order valence-corrected chi connectivity index (χ2v) is 8.87. The van der Waals surface area contributed by atoms with E-state index >= 15 is 0 Å². The van der Waals surface area contributed by atoms with Crippen molar-refractivity contribution in [1.82, 2.24) is 14.4 Å². The van der Waals surface area contributed by atoms with Gasteiger partial charge in [0.1, 0.15) is 0 Å². The summed E-state index contributed by atoms with van der Waals surface area (Å²) in [5.74, 6) is 0. The van der Waals surface area contributed by atoms with Crippen molar-refractivity contribution in [3.63, 3.8) is 0 Å². The molecule has 4 rings (SSSR count). The number of unbranched alkanes of at least 4 members (excludes halogenated alkanes) is 3. The summed E-state index contributed by atoms with van der Waals surface area (Å²) >= 11 is 1.86. The zero-order valence-corrected chi connectivity index (χ0v) is 18.2. The Bertz CT molecular complexity index is 942. The highest BCUT2D eigenvalue weighted by molar-refractivity contribution is 7.98. The van der Waals surface area contributed by atoms with Crippen LogP contribution in [-0.4, -0.2) is 34.1 Å². The first-order valence-corrected chi connectivity index (χ1v) is 11.5. The Labute approximate surface area is 177 Å². The van der Waals surface area contributed by atoms with E-state index in [4.69, 9.17) is 4.52 Å². The summed E-state index contributed by atoms with van der Waals surface area (Å²) in [6.45, 7) is 7.54. The zero-order chi connectivity index (χ0) is 20.1. The molecule has 0 radical (unpaired) electrons. The summed E-state index contributed by atoms with van der Waals surface area (Å²) < 4.78 is 10.3. The van der Waals surface area contributed by atoms with Gasteiger partial charge in [-0.2, -0.15) is 0 Å². The third-order valence-electron chi connectivity index (χ3n) is 5.50. The number of pyridine rings is 1. The molecule has 3 aromatic rings. The number of nitrogens with zero attached hydrogens (tertiary/aromatic N) is 4. The van der Waals surface area contributed by atoms with E-state index in [1.54, 1.807) is 0 Å². The predicted octanol–water partition coefficient (Wildman–Crippen LogP) is 5.58. The summed E-state index contributed by atoms with van der Waals surface area (Å²) in [5, 5.41) is 5.32. The lowest BCUT2D eigenvalue weighted by Crippen LogP contribution is -2.13. The lowest BCUT2D eigenvalue weighted by atomic mass is 10.0. The number of rotatable bonds is 9. The Balaban J connectivity index is 1.14. The van der Waals surface area contributed by atoms with Gasteiger partial charge in [0, 0.05) is 49.0 Å². The van der Waals surface area contributed by atoms with Crippen LogP contribution in [0.25, 0.3) is 11.0 Å². The van der Waals surface area contributed by atoms with E-state index in [0.717, 1.165) is 54.8 Å². The minimum Gasteiger partial charge on any atom is -0.356 e. The molecule has 0 unspecified atom stereocenters. The molecule has 5 nitrogen and oxygen atoms in total. The van der Waals surface area contributed by atoms with E-state index < -0.39 is 0 Å². The topological polar surface area (TPSA) is 45.4 Å². The normalized spacial score (nSPS) is 14.9. The molecular formula is C23H30N4OS. The Morgan fingerprint density at radius 1 is 1.07 bits per heavy atom. The molecule has 1 fully saturated rings. The average Bonchev–Trinajstić information content (AvgIpc) is 3.37. The van der Waals surface area contributed by atoms with Crippen LogP contribution in [-0.2, 0) is 12.8 Å². The number of hydrogen-bond donors (Lipinski definition) is 0. The molecule has 1 saturated heterocycles. The first-order chi connectivity index (χ1) is 14.2. The number of aryl methyl sites for hydroxylation is 3. The molecule has 3 heterocycles. The van der Waals surface area contributed by atoms with Crippen LogP contribution in [0.15, 0.2) is 41.1 Å². The van der Waals surface area contributed by atoms with Gasteiger partial charge in [-0.3, -0.25) is 4.98 Å². The van der Waals surface area contributed by atoms with E-state index in [1.807, 2.05) is 25.3 Å². The Morgan fingerprint density at radius 2 is 1.97 bits per heavy atom. The minimum atomic E-state index is 0.918. The standard InChI is InChI=1S/C23H30N4OS/c1-3-22-21-10-9-19(17-23(21)28-25-22)8-6-4-5-7-13-26-14-15-27(29-26)20-11-12-24-18(2)16-20/h9-12,16-17H,3-8,13-15H2,1-2H3. The Morgan fingerprint density at radius 3 is 2.83 bits per heavy atom. The maximum absolute atomic E-state index is 5.46. The summed E-state index contributed by atoms with van der Waals surface area (Å²) in [5.41, 5.74) is 5.69. The number of benzene rings is 1. The molecule has 0 bridgehead atoms. The van der Waals surface area contributed by atoms with Crippen molar-refractivity contribution >= 4 is 28.8 Å². The molecule has 6 heteroatoms. The van der Waals surface area contributed by atoms with Crippen molar-refractivity contribution in [2.75, 3.05) is 23.9 Å². The molecule has 0 saturated carbocycles. The van der Waals surface area contributed by atoms with Gasteiger partial charge in [-0.25, -0.2) is 4.31 Å². The van der Waals surface area contributed by atoms with Crippen LogP contribution in [0.4, 0.5) is 5.69 Å². The second kappa shape index (κ2) is 9.63.